The quantitative estimate of drug-likeness (QED) is 0.624. The Labute approximate surface area is 99.7 Å². The average molecular weight is 214 g/mol. The highest BCUT2D eigenvalue weighted by Gasteiger charge is 2.24. The second kappa shape index (κ2) is 6.32. The maximum atomic E-state index is 3.93. The molecule has 0 fully saturated rings. The molecule has 16 heavy (non-hydrogen) atoms. The van der Waals surface area contributed by atoms with Crippen molar-refractivity contribution in [3.63, 3.8) is 0 Å². The van der Waals surface area contributed by atoms with Crippen molar-refractivity contribution in [2.45, 2.75) is 32.6 Å². The molecule has 0 saturated carbocycles. The Morgan fingerprint density at radius 2 is 1.81 bits per heavy atom. The van der Waals surface area contributed by atoms with E-state index in [9.17, 15) is 0 Å². The summed E-state index contributed by atoms with van der Waals surface area (Å²) in [7, 11) is 0. The molecule has 0 heterocycles. The highest BCUT2D eigenvalue weighted by atomic mass is 14.3. The minimum atomic E-state index is 0.470. The second-order valence-corrected chi connectivity index (χ2v) is 3.90. The van der Waals surface area contributed by atoms with Crippen molar-refractivity contribution in [1.82, 2.24) is 0 Å². The number of hydrogen-bond acceptors (Lipinski definition) is 0. The fourth-order valence-electron chi connectivity index (χ4n) is 2.39. The van der Waals surface area contributed by atoms with Crippen molar-refractivity contribution >= 4 is 0 Å². The molecule has 0 N–H and O–H groups in total. The largest absolute Gasteiger partial charge is 0.103 e. The first-order chi connectivity index (χ1) is 7.86. The van der Waals surface area contributed by atoms with Gasteiger partial charge in [-0.05, 0) is 29.9 Å². The molecule has 0 nitrogen and oxygen atoms in total. The summed E-state index contributed by atoms with van der Waals surface area (Å²) in [5, 5.41) is 0. The van der Waals surface area contributed by atoms with Gasteiger partial charge in [-0.15, -0.1) is 13.2 Å². The van der Waals surface area contributed by atoms with E-state index in [-0.39, 0.29) is 0 Å². The van der Waals surface area contributed by atoms with Gasteiger partial charge in [0, 0.05) is 5.92 Å². The van der Waals surface area contributed by atoms with Crippen LogP contribution in [0.15, 0.2) is 49.6 Å². The van der Waals surface area contributed by atoms with Gasteiger partial charge in [0.15, 0.2) is 0 Å². The van der Waals surface area contributed by atoms with Crippen molar-refractivity contribution in [3.8, 4) is 0 Å². The van der Waals surface area contributed by atoms with E-state index in [4.69, 9.17) is 0 Å². The van der Waals surface area contributed by atoms with Crippen LogP contribution in [0.4, 0.5) is 0 Å². The SMILES string of the molecule is C=CC1CCc2ccccc2C1C=C.CC. The van der Waals surface area contributed by atoms with Crippen molar-refractivity contribution in [1.29, 1.82) is 0 Å². The maximum absolute atomic E-state index is 3.93. The van der Waals surface area contributed by atoms with Crippen LogP contribution in [-0.4, -0.2) is 0 Å². The topological polar surface area (TPSA) is 0 Å². The van der Waals surface area contributed by atoms with Crippen LogP contribution in [0.1, 0.15) is 37.3 Å². The molecule has 0 aliphatic heterocycles. The number of hydrogen-bond donors (Lipinski definition) is 0. The minimum Gasteiger partial charge on any atom is -0.103 e. The summed E-state index contributed by atoms with van der Waals surface area (Å²) in [6.45, 7) is 11.8. The van der Waals surface area contributed by atoms with E-state index >= 15 is 0 Å². The molecule has 0 radical (unpaired) electrons. The Balaban J connectivity index is 0.000000606. The van der Waals surface area contributed by atoms with Crippen molar-refractivity contribution in [2.75, 3.05) is 0 Å². The van der Waals surface area contributed by atoms with Gasteiger partial charge >= 0.3 is 0 Å². The molecule has 1 aromatic rings. The molecule has 0 amide bonds. The number of benzene rings is 1. The minimum absolute atomic E-state index is 0.470. The molecule has 2 atom stereocenters. The molecule has 2 unspecified atom stereocenters. The Morgan fingerprint density at radius 1 is 1.12 bits per heavy atom. The first-order valence-corrected chi connectivity index (χ1v) is 6.19. The second-order valence-electron chi connectivity index (χ2n) is 3.90. The van der Waals surface area contributed by atoms with Gasteiger partial charge in [0.25, 0.3) is 0 Å². The highest BCUT2D eigenvalue weighted by molar-refractivity contribution is 5.36. The molecule has 1 aliphatic carbocycles. The zero-order chi connectivity index (χ0) is 12.0. The van der Waals surface area contributed by atoms with Gasteiger partial charge < -0.3 is 0 Å². The zero-order valence-corrected chi connectivity index (χ0v) is 10.4. The van der Waals surface area contributed by atoms with Gasteiger partial charge in [0.1, 0.15) is 0 Å². The summed E-state index contributed by atoms with van der Waals surface area (Å²) in [4.78, 5) is 0. The summed E-state index contributed by atoms with van der Waals surface area (Å²) >= 11 is 0. The Hall–Kier alpha value is -1.30. The van der Waals surface area contributed by atoms with Gasteiger partial charge in [-0.1, -0.05) is 50.3 Å². The highest BCUT2D eigenvalue weighted by Crippen LogP contribution is 2.37. The lowest BCUT2D eigenvalue weighted by Crippen LogP contribution is -2.17. The standard InChI is InChI=1S/C14H16.C2H6/c1-3-11-9-10-12-7-5-6-8-14(12)13(11)4-2;1-2/h3-8,11,13H,1-2,9-10H2;1-2H3. The zero-order valence-electron chi connectivity index (χ0n) is 10.4. The monoisotopic (exact) mass is 214 g/mol. The molecular formula is C16H22. The fraction of sp³-hybridized carbons (Fsp3) is 0.375. The number of aryl methyl sites for hydroxylation is 1. The van der Waals surface area contributed by atoms with Gasteiger partial charge in [-0.2, -0.15) is 0 Å². The van der Waals surface area contributed by atoms with E-state index in [1.165, 1.54) is 24.0 Å². The molecule has 0 saturated heterocycles. The van der Waals surface area contributed by atoms with Crippen molar-refractivity contribution < 1.29 is 0 Å². The van der Waals surface area contributed by atoms with E-state index in [2.05, 4.69) is 49.6 Å². The van der Waals surface area contributed by atoms with Crippen LogP contribution in [0.3, 0.4) is 0 Å². The Morgan fingerprint density at radius 3 is 2.44 bits per heavy atom. The third-order valence-corrected chi connectivity index (χ3v) is 3.18. The van der Waals surface area contributed by atoms with Crippen LogP contribution in [0, 0.1) is 5.92 Å². The van der Waals surface area contributed by atoms with Crippen LogP contribution in [0.2, 0.25) is 0 Å². The Bertz CT molecular complexity index is 349. The van der Waals surface area contributed by atoms with Gasteiger partial charge in [0.2, 0.25) is 0 Å². The summed E-state index contributed by atoms with van der Waals surface area (Å²) in [6.07, 6.45) is 6.51. The van der Waals surface area contributed by atoms with Gasteiger partial charge in [-0.25, -0.2) is 0 Å². The third-order valence-electron chi connectivity index (χ3n) is 3.18. The van der Waals surface area contributed by atoms with Crippen molar-refractivity contribution in [2.24, 2.45) is 5.92 Å². The predicted octanol–water partition coefficient (Wildman–Crippen LogP) is 4.73. The van der Waals surface area contributed by atoms with Crippen LogP contribution in [0.25, 0.3) is 0 Å². The van der Waals surface area contributed by atoms with E-state index < -0.39 is 0 Å². The first kappa shape index (κ1) is 12.8. The summed E-state index contributed by atoms with van der Waals surface area (Å²) in [6, 6.07) is 8.68. The predicted molar refractivity (Wildman–Crippen MR) is 72.7 cm³/mol. The smallest absolute Gasteiger partial charge is 0.00809 e. The van der Waals surface area contributed by atoms with Crippen LogP contribution in [-0.2, 0) is 6.42 Å². The summed E-state index contributed by atoms with van der Waals surface area (Å²) in [5.74, 6) is 1.04. The molecule has 0 spiro atoms. The van der Waals surface area contributed by atoms with E-state index in [0.29, 0.717) is 11.8 Å². The summed E-state index contributed by atoms with van der Waals surface area (Å²) < 4.78 is 0. The first-order valence-electron chi connectivity index (χ1n) is 6.19. The number of rotatable bonds is 2. The normalized spacial score (nSPS) is 22.4. The Kier molecular flexibility index (Phi) is 5.04. The molecule has 86 valence electrons. The number of allylic oxidation sites excluding steroid dienone is 2. The van der Waals surface area contributed by atoms with Gasteiger partial charge in [-0.3, -0.25) is 0 Å². The van der Waals surface area contributed by atoms with Crippen LogP contribution < -0.4 is 0 Å². The van der Waals surface area contributed by atoms with E-state index in [0.717, 1.165) is 0 Å². The van der Waals surface area contributed by atoms with Crippen molar-refractivity contribution in [3.05, 3.63) is 60.7 Å². The van der Waals surface area contributed by atoms with Crippen LogP contribution in [0.5, 0.6) is 0 Å². The molecule has 1 aliphatic rings. The molecule has 0 aromatic heterocycles. The van der Waals surface area contributed by atoms with E-state index in [1.807, 2.05) is 13.8 Å². The third kappa shape index (κ3) is 2.44. The lowest BCUT2D eigenvalue weighted by atomic mass is 9.75. The maximum Gasteiger partial charge on any atom is 0.00809 e. The van der Waals surface area contributed by atoms with Crippen LogP contribution >= 0.6 is 0 Å². The lowest BCUT2D eigenvalue weighted by Gasteiger charge is -2.29. The molecule has 1 aromatic carbocycles. The van der Waals surface area contributed by atoms with Gasteiger partial charge in [0.05, 0.1) is 0 Å². The molecular weight excluding hydrogens is 192 g/mol. The van der Waals surface area contributed by atoms with E-state index in [1.54, 1.807) is 0 Å². The molecule has 2 rings (SSSR count). The average Bonchev–Trinajstić information content (AvgIpc) is 2.39. The fourth-order valence-corrected chi connectivity index (χ4v) is 2.39. The lowest BCUT2D eigenvalue weighted by molar-refractivity contribution is 0.504. The molecule has 0 bridgehead atoms. The summed E-state index contributed by atoms with van der Waals surface area (Å²) in [5.41, 5.74) is 2.93. The number of fused-ring (bicyclic) bond motifs is 1. The molecule has 0 heteroatoms.